The average Bonchev–Trinajstić information content (AvgIpc) is 2.05. The topological polar surface area (TPSA) is 63.3 Å². The summed E-state index contributed by atoms with van der Waals surface area (Å²) in [6.07, 6.45) is 0. The first-order valence-corrected chi connectivity index (χ1v) is 4.01. The number of rotatable bonds is 1. The summed E-state index contributed by atoms with van der Waals surface area (Å²) in [5, 5.41) is 7.42. The molecule has 0 saturated heterocycles. The number of carboxylic acid groups (broad SMARTS) is 1. The minimum atomic E-state index is -0.833. The first-order valence-electron chi connectivity index (χ1n) is 4.01. The maximum absolute atomic E-state index is 9.00. The van der Waals surface area contributed by atoms with E-state index in [1.54, 1.807) is 0 Å². The lowest BCUT2D eigenvalue weighted by Crippen LogP contribution is -1.94. The van der Waals surface area contributed by atoms with E-state index in [1.807, 2.05) is 0 Å². The summed E-state index contributed by atoms with van der Waals surface area (Å²) in [4.78, 5) is 9.00. The van der Waals surface area contributed by atoms with Crippen LogP contribution in [0.15, 0.2) is 24.3 Å². The molecule has 0 spiro atoms. The second-order valence-corrected chi connectivity index (χ2v) is 2.71. The molecular formula is C10H16ClNO2. The highest BCUT2D eigenvalue weighted by molar-refractivity contribution is 5.85. The first kappa shape index (κ1) is 15.4. The summed E-state index contributed by atoms with van der Waals surface area (Å²) >= 11 is 0. The van der Waals surface area contributed by atoms with Crippen LogP contribution in [0.4, 0.5) is 0 Å². The van der Waals surface area contributed by atoms with E-state index >= 15 is 0 Å². The molecule has 0 aliphatic rings. The zero-order chi connectivity index (χ0) is 10.3. The normalized spacial score (nSPS) is 7.93. The number of hydrogen-bond donors (Lipinski definition) is 2. The molecule has 0 aliphatic carbocycles. The van der Waals surface area contributed by atoms with Crippen LogP contribution >= 0.6 is 12.4 Å². The maximum atomic E-state index is 9.00. The van der Waals surface area contributed by atoms with Crippen molar-refractivity contribution in [2.75, 3.05) is 0 Å². The molecule has 0 unspecified atom stereocenters. The van der Waals surface area contributed by atoms with E-state index in [9.17, 15) is 0 Å². The second kappa shape index (κ2) is 8.53. The van der Waals surface area contributed by atoms with Crippen molar-refractivity contribution in [3.8, 4) is 0 Å². The zero-order valence-corrected chi connectivity index (χ0v) is 9.17. The molecule has 1 rings (SSSR count). The van der Waals surface area contributed by atoms with E-state index in [2.05, 4.69) is 31.2 Å². The summed E-state index contributed by atoms with van der Waals surface area (Å²) in [6.45, 7) is 3.79. The van der Waals surface area contributed by atoms with Crippen LogP contribution in [0.1, 0.15) is 18.1 Å². The molecule has 80 valence electrons. The van der Waals surface area contributed by atoms with E-state index < -0.39 is 5.97 Å². The smallest absolute Gasteiger partial charge is 0.300 e. The fraction of sp³-hybridized carbons (Fsp3) is 0.300. The van der Waals surface area contributed by atoms with Crippen molar-refractivity contribution < 1.29 is 9.90 Å². The number of carboxylic acids is 1. The summed E-state index contributed by atoms with van der Waals surface area (Å²) in [7, 11) is 0. The molecule has 0 fully saturated rings. The van der Waals surface area contributed by atoms with Crippen LogP contribution in [-0.2, 0) is 11.3 Å². The third-order valence-electron chi connectivity index (χ3n) is 1.36. The van der Waals surface area contributed by atoms with E-state index in [1.165, 1.54) is 11.1 Å². The highest BCUT2D eigenvalue weighted by Crippen LogP contribution is 2.00. The van der Waals surface area contributed by atoms with Crippen LogP contribution in [-0.4, -0.2) is 11.1 Å². The van der Waals surface area contributed by atoms with E-state index in [4.69, 9.17) is 15.6 Å². The molecule has 1 aromatic rings. The van der Waals surface area contributed by atoms with Crippen molar-refractivity contribution in [1.82, 2.24) is 0 Å². The predicted octanol–water partition coefficient (Wildman–Crippen LogP) is 1.97. The molecule has 0 aliphatic heterocycles. The van der Waals surface area contributed by atoms with Crippen molar-refractivity contribution in [2.45, 2.75) is 20.4 Å². The summed E-state index contributed by atoms with van der Waals surface area (Å²) < 4.78 is 0. The molecule has 0 aromatic heterocycles. The summed E-state index contributed by atoms with van der Waals surface area (Å²) in [5.41, 5.74) is 7.88. The standard InChI is InChI=1S/C8H11N.C2H4O2.ClH/c1-7-2-4-8(6-9)5-3-7;1-2(3)4;/h2-5H,6,9H2,1H3;1H3,(H,3,4);1H. The van der Waals surface area contributed by atoms with Crippen LogP contribution in [0.2, 0.25) is 0 Å². The van der Waals surface area contributed by atoms with Crippen LogP contribution in [0.25, 0.3) is 0 Å². The summed E-state index contributed by atoms with van der Waals surface area (Å²) in [5.74, 6) is -0.833. The number of nitrogens with two attached hydrogens (primary N) is 1. The van der Waals surface area contributed by atoms with E-state index in [-0.39, 0.29) is 12.4 Å². The van der Waals surface area contributed by atoms with Crippen molar-refractivity contribution >= 4 is 18.4 Å². The number of halogens is 1. The van der Waals surface area contributed by atoms with Crippen molar-refractivity contribution in [2.24, 2.45) is 5.73 Å². The minimum Gasteiger partial charge on any atom is -0.481 e. The van der Waals surface area contributed by atoms with Gasteiger partial charge in [-0.25, -0.2) is 0 Å². The molecule has 0 bridgehead atoms. The number of benzene rings is 1. The zero-order valence-electron chi connectivity index (χ0n) is 8.36. The summed E-state index contributed by atoms with van der Waals surface area (Å²) in [6, 6.07) is 8.25. The second-order valence-electron chi connectivity index (χ2n) is 2.71. The third-order valence-corrected chi connectivity index (χ3v) is 1.36. The molecule has 4 heteroatoms. The SMILES string of the molecule is CC(=O)O.Cc1ccc(CN)cc1.Cl. The van der Waals surface area contributed by atoms with Crippen molar-refractivity contribution in [3.05, 3.63) is 35.4 Å². The van der Waals surface area contributed by atoms with Gasteiger partial charge in [-0.05, 0) is 12.5 Å². The molecule has 3 N–H and O–H groups in total. The Morgan fingerprint density at radius 1 is 1.36 bits per heavy atom. The Hall–Kier alpha value is -1.06. The fourth-order valence-corrected chi connectivity index (χ4v) is 0.724. The van der Waals surface area contributed by atoms with Crippen LogP contribution in [0.5, 0.6) is 0 Å². The number of carbonyl (C=O) groups is 1. The van der Waals surface area contributed by atoms with Gasteiger partial charge in [0, 0.05) is 13.5 Å². The molecule has 14 heavy (non-hydrogen) atoms. The van der Waals surface area contributed by atoms with Crippen LogP contribution < -0.4 is 5.73 Å². The van der Waals surface area contributed by atoms with E-state index in [0.717, 1.165) is 6.92 Å². The lowest BCUT2D eigenvalue weighted by molar-refractivity contribution is -0.134. The van der Waals surface area contributed by atoms with Gasteiger partial charge in [0.15, 0.2) is 0 Å². The van der Waals surface area contributed by atoms with Gasteiger partial charge in [-0.1, -0.05) is 29.8 Å². The minimum absolute atomic E-state index is 0. The maximum Gasteiger partial charge on any atom is 0.300 e. The molecule has 0 heterocycles. The largest absolute Gasteiger partial charge is 0.481 e. The van der Waals surface area contributed by atoms with Gasteiger partial charge in [-0.3, -0.25) is 4.79 Å². The molecule has 3 nitrogen and oxygen atoms in total. The molecule has 0 radical (unpaired) electrons. The Bertz CT molecular complexity index is 255. The lowest BCUT2D eigenvalue weighted by atomic mass is 10.2. The van der Waals surface area contributed by atoms with Crippen LogP contribution in [0.3, 0.4) is 0 Å². The van der Waals surface area contributed by atoms with Gasteiger partial charge >= 0.3 is 0 Å². The first-order chi connectivity index (χ1) is 6.06. The van der Waals surface area contributed by atoms with Gasteiger partial charge in [0.2, 0.25) is 0 Å². The van der Waals surface area contributed by atoms with Gasteiger partial charge in [-0.2, -0.15) is 0 Å². The molecular weight excluding hydrogens is 202 g/mol. The van der Waals surface area contributed by atoms with Crippen molar-refractivity contribution in [3.63, 3.8) is 0 Å². The van der Waals surface area contributed by atoms with Gasteiger partial charge < -0.3 is 10.8 Å². The molecule has 0 atom stereocenters. The Labute approximate surface area is 90.3 Å². The highest BCUT2D eigenvalue weighted by Gasteiger charge is 1.85. The van der Waals surface area contributed by atoms with Crippen LogP contribution in [0, 0.1) is 6.92 Å². The number of aryl methyl sites for hydroxylation is 1. The Kier molecular flexibility index (Phi) is 9.40. The quantitative estimate of drug-likeness (QED) is 0.756. The van der Waals surface area contributed by atoms with Gasteiger partial charge in [0.05, 0.1) is 0 Å². The van der Waals surface area contributed by atoms with Gasteiger partial charge in [-0.15, -0.1) is 12.4 Å². The Balaban J connectivity index is 0. The Morgan fingerprint density at radius 3 is 2.00 bits per heavy atom. The molecule has 0 saturated carbocycles. The third kappa shape index (κ3) is 9.03. The van der Waals surface area contributed by atoms with Crippen molar-refractivity contribution in [1.29, 1.82) is 0 Å². The monoisotopic (exact) mass is 217 g/mol. The fourth-order valence-electron chi connectivity index (χ4n) is 0.724. The Morgan fingerprint density at radius 2 is 1.71 bits per heavy atom. The highest BCUT2D eigenvalue weighted by atomic mass is 35.5. The van der Waals surface area contributed by atoms with Gasteiger partial charge in [0.25, 0.3) is 5.97 Å². The molecule has 0 amide bonds. The van der Waals surface area contributed by atoms with E-state index in [0.29, 0.717) is 6.54 Å². The number of aliphatic carboxylic acids is 1. The average molecular weight is 218 g/mol. The lowest BCUT2D eigenvalue weighted by Gasteiger charge is -1.94. The molecule has 1 aromatic carbocycles. The van der Waals surface area contributed by atoms with Gasteiger partial charge in [0.1, 0.15) is 0 Å². The predicted molar refractivity (Wildman–Crippen MR) is 59.6 cm³/mol. The number of hydrogen-bond acceptors (Lipinski definition) is 2.